The Labute approximate surface area is 183 Å². The summed E-state index contributed by atoms with van der Waals surface area (Å²) in [5, 5.41) is 11.2. The van der Waals surface area contributed by atoms with E-state index in [-0.39, 0.29) is 11.8 Å². The van der Waals surface area contributed by atoms with Crippen molar-refractivity contribution in [3.8, 4) is 34.5 Å². The minimum atomic E-state index is -0.146. The molecule has 1 atom stereocenters. The van der Waals surface area contributed by atoms with E-state index < -0.39 is 0 Å². The summed E-state index contributed by atoms with van der Waals surface area (Å²) < 4.78 is 21.4. The fourth-order valence-electron chi connectivity index (χ4n) is 3.79. The van der Waals surface area contributed by atoms with Crippen LogP contribution in [0, 0.1) is 0 Å². The van der Waals surface area contributed by atoms with Gasteiger partial charge in [0.15, 0.2) is 23.1 Å². The maximum absolute atomic E-state index is 12.6. The molecule has 10 nitrogen and oxygen atoms in total. The number of carbonyl (C=O) groups is 1. The van der Waals surface area contributed by atoms with Gasteiger partial charge in [-0.15, -0.1) is 0 Å². The molecule has 1 unspecified atom stereocenters. The number of aromatic amines is 1. The molecule has 32 heavy (non-hydrogen) atoms. The first-order valence-corrected chi connectivity index (χ1v) is 10.1. The predicted molar refractivity (Wildman–Crippen MR) is 112 cm³/mol. The Hall–Kier alpha value is -4.08. The number of benzene rings is 1. The highest BCUT2D eigenvalue weighted by atomic mass is 16.5. The van der Waals surface area contributed by atoms with Crippen LogP contribution in [0.1, 0.15) is 23.7 Å². The van der Waals surface area contributed by atoms with E-state index >= 15 is 0 Å². The van der Waals surface area contributed by atoms with Gasteiger partial charge in [-0.1, -0.05) is 11.2 Å². The van der Waals surface area contributed by atoms with Gasteiger partial charge in [0, 0.05) is 31.5 Å². The van der Waals surface area contributed by atoms with Crippen LogP contribution >= 0.6 is 0 Å². The van der Waals surface area contributed by atoms with Crippen LogP contribution in [0.25, 0.3) is 23.0 Å². The number of amides is 1. The fourth-order valence-corrected chi connectivity index (χ4v) is 3.79. The second kappa shape index (κ2) is 8.22. The topological polar surface area (TPSA) is 120 Å². The average molecular weight is 435 g/mol. The van der Waals surface area contributed by atoms with Crippen LogP contribution in [0.2, 0.25) is 0 Å². The van der Waals surface area contributed by atoms with Crippen molar-refractivity contribution in [3.63, 3.8) is 0 Å². The number of methoxy groups -OCH3 is 2. The lowest BCUT2D eigenvalue weighted by atomic mass is 10.1. The molecule has 164 valence electrons. The molecule has 0 aliphatic carbocycles. The molecule has 10 heteroatoms. The number of likely N-dealkylation sites (tertiary alicyclic amines) is 1. The Morgan fingerprint density at radius 3 is 2.84 bits per heavy atom. The standard InChI is InChI=1S/C22H21N5O5/c1-29-18-6-5-13(8-19(18)30-2)11-27-12-14(9-20(27)28)21-23-22(32-26-21)16-10-15(24-25-16)17-4-3-7-31-17/h3-8,10,14H,9,11-12H2,1-2H3,(H,24,25). The Kier molecular flexibility index (Phi) is 5.10. The molecule has 1 aliphatic heterocycles. The molecular formula is C22H21N5O5. The molecule has 3 aromatic heterocycles. The van der Waals surface area contributed by atoms with E-state index in [0.717, 1.165) is 5.56 Å². The Morgan fingerprint density at radius 1 is 1.19 bits per heavy atom. The maximum Gasteiger partial charge on any atom is 0.275 e. The van der Waals surface area contributed by atoms with Crippen LogP contribution in [0.4, 0.5) is 0 Å². The zero-order valence-electron chi connectivity index (χ0n) is 17.6. The van der Waals surface area contributed by atoms with Gasteiger partial charge in [0.1, 0.15) is 11.4 Å². The first kappa shape index (κ1) is 19.9. The van der Waals surface area contributed by atoms with Crippen LogP contribution in [0.5, 0.6) is 11.5 Å². The number of hydrogen-bond donors (Lipinski definition) is 1. The van der Waals surface area contributed by atoms with Crippen LogP contribution in [-0.4, -0.2) is 51.9 Å². The molecule has 0 saturated carbocycles. The number of ether oxygens (including phenoxy) is 2. The Morgan fingerprint density at radius 2 is 2.06 bits per heavy atom. The minimum absolute atomic E-state index is 0.0396. The molecule has 1 N–H and O–H groups in total. The van der Waals surface area contributed by atoms with Gasteiger partial charge in [0.05, 0.1) is 20.5 Å². The third-order valence-electron chi connectivity index (χ3n) is 5.42. The highest BCUT2D eigenvalue weighted by Crippen LogP contribution is 2.32. The van der Waals surface area contributed by atoms with Crippen molar-refractivity contribution < 1.29 is 23.2 Å². The fraction of sp³-hybridized carbons (Fsp3) is 0.273. The van der Waals surface area contributed by atoms with Gasteiger partial charge < -0.3 is 23.3 Å². The molecule has 0 radical (unpaired) electrons. The van der Waals surface area contributed by atoms with Crippen molar-refractivity contribution in [2.75, 3.05) is 20.8 Å². The SMILES string of the molecule is COc1ccc(CN2CC(c3noc(-c4cc(-c5ccco5)n[nH]4)n3)CC2=O)cc1OC. The third-order valence-corrected chi connectivity index (χ3v) is 5.42. The van der Waals surface area contributed by atoms with E-state index in [1.165, 1.54) is 0 Å². The number of aromatic nitrogens is 4. The summed E-state index contributed by atoms with van der Waals surface area (Å²) in [5.41, 5.74) is 2.18. The molecule has 0 spiro atoms. The molecule has 0 bridgehead atoms. The Bertz CT molecular complexity index is 1230. The van der Waals surface area contributed by atoms with Crippen LogP contribution in [0.15, 0.2) is 51.6 Å². The largest absolute Gasteiger partial charge is 0.493 e. The minimum Gasteiger partial charge on any atom is -0.493 e. The van der Waals surface area contributed by atoms with Crippen molar-refractivity contribution in [1.29, 1.82) is 0 Å². The van der Waals surface area contributed by atoms with Crippen molar-refractivity contribution in [1.82, 2.24) is 25.2 Å². The molecule has 1 aromatic carbocycles. The number of nitrogens with one attached hydrogen (secondary N) is 1. The predicted octanol–water partition coefficient (Wildman–Crippen LogP) is 3.25. The van der Waals surface area contributed by atoms with Gasteiger partial charge in [-0.3, -0.25) is 9.89 Å². The van der Waals surface area contributed by atoms with E-state index in [1.807, 2.05) is 24.3 Å². The number of carbonyl (C=O) groups excluding carboxylic acids is 1. The molecule has 1 aliphatic rings. The zero-order valence-corrected chi connectivity index (χ0v) is 17.6. The summed E-state index contributed by atoms with van der Waals surface area (Å²) in [6.45, 7) is 0.972. The van der Waals surface area contributed by atoms with E-state index in [9.17, 15) is 4.79 Å². The van der Waals surface area contributed by atoms with E-state index in [1.54, 1.807) is 37.5 Å². The van der Waals surface area contributed by atoms with Crippen LogP contribution in [0.3, 0.4) is 0 Å². The lowest BCUT2D eigenvalue weighted by Crippen LogP contribution is -2.24. The summed E-state index contributed by atoms with van der Waals surface area (Å²) in [6, 6.07) is 11.0. The summed E-state index contributed by atoms with van der Waals surface area (Å²) >= 11 is 0. The molecule has 1 fully saturated rings. The van der Waals surface area contributed by atoms with E-state index in [2.05, 4.69) is 20.3 Å². The van der Waals surface area contributed by atoms with Gasteiger partial charge in [-0.25, -0.2) is 0 Å². The van der Waals surface area contributed by atoms with Crippen LogP contribution in [-0.2, 0) is 11.3 Å². The highest BCUT2D eigenvalue weighted by Gasteiger charge is 2.34. The molecule has 4 aromatic rings. The summed E-state index contributed by atoms with van der Waals surface area (Å²) in [4.78, 5) is 18.9. The van der Waals surface area contributed by atoms with Crippen molar-refractivity contribution >= 4 is 5.91 Å². The van der Waals surface area contributed by atoms with Gasteiger partial charge in [0.2, 0.25) is 5.91 Å². The molecular weight excluding hydrogens is 414 g/mol. The molecule has 1 amide bonds. The third kappa shape index (κ3) is 3.70. The summed E-state index contributed by atoms with van der Waals surface area (Å²) in [6.07, 6.45) is 1.91. The summed E-state index contributed by atoms with van der Waals surface area (Å²) in [5.74, 6) is 2.62. The molecule has 4 heterocycles. The lowest BCUT2D eigenvalue weighted by Gasteiger charge is -2.17. The lowest BCUT2D eigenvalue weighted by molar-refractivity contribution is -0.128. The second-order valence-electron chi connectivity index (χ2n) is 7.47. The average Bonchev–Trinajstić information content (AvgIpc) is 3.60. The Balaban J connectivity index is 1.28. The monoisotopic (exact) mass is 435 g/mol. The smallest absolute Gasteiger partial charge is 0.275 e. The normalized spacial score (nSPS) is 16.0. The van der Waals surface area contributed by atoms with Crippen molar-refractivity contribution in [3.05, 3.63) is 54.0 Å². The van der Waals surface area contributed by atoms with E-state index in [0.29, 0.717) is 59.9 Å². The quantitative estimate of drug-likeness (QED) is 0.470. The van der Waals surface area contributed by atoms with Crippen LogP contribution < -0.4 is 9.47 Å². The molecule has 1 saturated heterocycles. The van der Waals surface area contributed by atoms with Gasteiger partial charge in [-0.05, 0) is 29.8 Å². The van der Waals surface area contributed by atoms with Gasteiger partial charge in [-0.2, -0.15) is 10.1 Å². The number of nitrogens with zero attached hydrogens (tertiary/aromatic N) is 4. The van der Waals surface area contributed by atoms with Gasteiger partial charge in [0.25, 0.3) is 5.89 Å². The first-order valence-electron chi connectivity index (χ1n) is 10.1. The van der Waals surface area contributed by atoms with Crippen molar-refractivity contribution in [2.45, 2.75) is 18.9 Å². The number of hydrogen-bond acceptors (Lipinski definition) is 8. The maximum atomic E-state index is 12.6. The van der Waals surface area contributed by atoms with E-state index in [4.69, 9.17) is 18.4 Å². The first-order chi connectivity index (χ1) is 15.6. The molecule has 5 rings (SSSR count). The summed E-state index contributed by atoms with van der Waals surface area (Å²) in [7, 11) is 3.18. The highest BCUT2D eigenvalue weighted by molar-refractivity contribution is 5.79. The number of H-pyrrole nitrogens is 1. The number of furan rings is 1. The van der Waals surface area contributed by atoms with Gasteiger partial charge >= 0.3 is 0 Å². The number of rotatable bonds is 7. The second-order valence-corrected chi connectivity index (χ2v) is 7.47. The zero-order chi connectivity index (χ0) is 22.1. The van der Waals surface area contributed by atoms with Crippen molar-refractivity contribution in [2.24, 2.45) is 0 Å².